The first-order valence-electron chi connectivity index (χ1n) is 4.97. The zero-order chi connectivity index (χ0) is 10.8. The fourth-order valence-electron chi connectivity index (χ4n) is 1.70. The van der Waals surface area contributed by atoms with Gasteiger partial charge in [-0.15, -0.1) is 11.3 Å². The monoisotopic (exact) mass is 221 g/mol. The highest BCUT2D eigenvalue weighted by atomic mass is 32.1. The van der Waals surface area contributed by atoms with Gasteiger partial charge in [0.15, 0.2) is 0 Å². The maximum atomic E-state index is 10.0. The first-order valence-corrected chi connectivity index (χ1v) is 5.85. The second-order valence-electron chi connectivity index (χ2n) is 3.97. The molecule has 1 heterocycles. The Hall–Kier alpha value is -0.900. The van der Waals surface area contributed by atoms with Crippen molar-refractivity contribution in [2.75, 3.05) is 20.6 Å². The molecule has 0 aliphatic heterocycles. The minimum atomic E-state index is -0.392. The molecule has 2 nitrogen and oxygen atoms in total. The standard InChI is InChI=1S/C12H15NOS/c1-13(2)7-11(14)10-8-15-12-6-4-3-5-9(10)12/h3-6,8,11,14H,7H2,1-2H3. The van der Waals surface area contributed by atoms with Crippen LogP contribution in [0.1, 0.15) is 11.7 Å². The van der Waals surface area contributed by atoms with Crippen molar-refractivity contribution >= 4 is 21.4 Å². The lowest BCUT2D eigenvalue weighted by molar-refractivity contribution is 0.140. The summed E-state index contributed by atoms with van der Waals surface area (Å²) in [6.45, 7) is 0.667. The molecule has 80 valence electrons. The van der Waals surface area contributed by atoms with Crippen LogP contribution in [-0.2, 0) is 0 Å². The molecule has 0 aliphatic rings. The summed E-state index contributed by atoms with van der Waals surface area (Å²) < 4.78 is 1.24. The fraction of sp³-hybridized carbons (Fsp3) is 0.333. The number of hydrogen-bond acceptors (Lipinski definition) is 3. The molecule has 0 spiro atoms. The third kappa shape index (κ3) is 2.20. The van der Waals surface area contributed by atoms with Crippen LogP contribution in [0, 0.1) is 0 Å². The number of nitrogens with zero attached hydrogens (tertiary/aromatic N) is 1. The molecule has 1 N–H and O–H groups in total. The van der Waals surface area contributed by atoms with Gasteiger partial charge in [0.05, 0.1) is 6.10 Å². The number of fused-ring (bicyclic) bond motifs is 1. The number of aliphatic hydroxyl groups excluding tert-OH is 1. The maximum Gasteiger partial charge on any atom is 0.0930 e. The van der Waals surface area contributed by atoms with Crippen LogP contribution in [0.4, 0.5) is 0 Å². The van der Waals surface area contributed by atoms with Crippen molar-refractivity contribution in [2.45, 2.75) is 6.10 Å². The predicted octanol–water partition coefficient (Wildman–Crippen LogP) is 2.50. The molecule has 1 aromatic heterocycles. The van der Waals surface area contributed by atoms with Crippen LogP contribution >= 0.6 is 11.3 Å². The van der Waals surface area contributed by atoms with E-state index in [1.54, 1.807) is 11.3 Å². The summed E-state index contributed by atoms with van der Waals surface area (Å²) in [7, 11) is 3.94. The van der Waals surface area contributed by atoms with E-state index in [1.165, 1.54) is 10.1 Å². The van der Waals surface area contributed by atoms with Gasteiger partial charge in [0, 0.05) is 16.8 Å². The zero-order valence-corrected chi connectivity index (χ0v) is 9.79. The first kappa shape index (κ1) is 10.6. The number of benzene rings is 1. The average molecular weight is 221 g/mol. The van der Waals surface area contributed by atoms with Gasteiger partial charge < -0.3 is 10.0 Å². The van der Waals surface area contributed by atoms with Crippen LogP contribution in [0.5, 0.6) is 0 Å². The molecule has 1 unspecified atom stereocenters. The summed E-state index contributed by atoms with van der Waals surface area (Å²) in [5, 5.41) is 13.3. The van der Waals surface area contributed by atoms with Gasteiger partial charge in [-0.2, -0.15) is 0 Å². The van der Waals surface area contributed by atoms with E-state index in [9.17, 15) is 5.11 Å². The molecule has 2 rings (SSSR count). The lowest BCUT2D eigenvalue weighted by Crippen LogP contribution is -2.19. The number of aliphatic hydroxyl groups is 1. The first-order chi connectivity index (χ1) is 7.18. The third-order valence-corrected chi connectivity index (χ3v) is 3.39. The largest absolute Gasteiger partial charge is 0.387 e. The van der Waals surface area contributed by atoms with E-state index in [0.29, 0.717) is 6.54 Å². The molecule has 1 atom stereocenters. The Morgan fingerprint density at radius 2 is 2.07 bits per heavy atom. The smallest absolute Gasteiger partial charge is 0.0930 e. The summed E-state index contributed by atoms with van der Waals surface area (Å²) in [5.41, 5.74) is 1.05. The van der Waals surface area contributed by atoms with E-state index in [4.69, 9.17) is 0 Å². The SMILES string of the molecule is CN(C)CC(O)c1csc2ccccc12. The Balaban J connectivity index is 2.35. The highest BCUT2D eigenvalue weighted by Crippen LogP contribution is 2.30. The van der Waals surface area contributed by atoms with Crippen LogP contribution in [0.25, 0.3) is 10.1 Å². The molecular formula is C12H15NOS. The number of thiophene rings is 1. The lowest BCUT2D eigenvalue weighted by Gasteiger charge is -2.15. The summed E-state index contributed by atoms with van der Waals surface area (Å²) in [6.07, 6.45) is -0.392. The lowest BCUT2D eigenvalue weighted by atomic mass is 10.1. The van der Waals surface area contributed by atoms with E-state index in [0.717, 1.165) is 5.56 Å². The second-order valence-corrected chi connectivity index (χ2v) is 4.88. The second kappa shape index (κ2) is 4.31. The van der Waals surface area contributed by atoms with Gasteiger partial charge in [-0.05, 0) is 30.9 Å². The molecule has 0 radical (unpaired) electrons. The van der Waals surface area contributed by atoms with Crippen molar-refractivity contribution in [1.29, 1.82) is 0 Å². The molecule has 15 heavy (non-hydrogen) atoms. The van der Waals surface area contributed by atoms with Crippen LogP contribution in [0.15, 0.2) is 29.6 Å². The van der Waals surface area contributed by atoms with Crippen molar-refractivity contribution < 1.29 is 5.11 Å². The van der Waals surface area contributed by atoms with Gasteiger partial charge in [0.1, 0.15) is 0 Å². The third-order valence-electron chi connectivity index (χ3n) is 2.41. The molecule has 0 fully saturated rings. The van der Waals surface area contributed by atoms with Crippen molar-refractivity contribution in [2.24, 2.45) is 0 Å². The minimum Gasteiger partial charge on any atom is -0.387 e. The topological polar surface area (TPSA) is 23.5 Å². The van der Waals surface area contributed by atoms with Gasteiger partial charge in [-0.3, -0.25) is 0 Å². The Kier molecular flexibility index (Phi) is 3.05. The number of rotatable bonds is 3. The van der Waals surface area contributed by atoms with E-state index in [1.807, 2.05) is 31.1 Å². The van der Waals surface area contributed by atoms with Gasteiger partial charge in [-0.1, -0.05) is 18.2 Å². The highest BCUT2D eigenvalue weighted by Gasteiger charge is 2.13. The summed E-state index contributed by atoms with van der Waals surface area (Å²) in [4.78, 5) is 2.00. The molecule has 0 saturated carbocycles. The van der Waals surface area contributed by atoms with Crippen molar-refractivity contribution in [3.63, 3.8) is 0 Å². The van der Waals surface area contributed by atoms with Gasteiger partial charge in [0.2, 0.25) is 0 Å². The van der Waals surface area contributed by atoms with E-state index in [-0.39, 0.29) is 0 Å². The van der Waals surface area contributed by atoms with E-state index >= 15 is 0 Å². The zero-order valence-electron chi connectivity index (χ0n) is 8.97. The average Bonchev–Trinajstić information content (AvgIpc) is 2.59. The van der Waals surface area contributed by atoms with Crippen molar-refractivity contribution in [1.82, 2.24) is 4.90 Å². The van der Waals surface area contributed by atoms with E-state index < -0.39 is 6.10 Å². The molecule has 2 aromatic rings. The molecule has 0 amide bonds. The molecule has 0 aliphatic carbocycles. The number of likely N-dealkylation sites (N-methyl/N-ethyl adjacent to an activating group) is 1. The van der Waals surface area contributed by atoms with Crippen molar-refractivity contribution in [3.05, 3.63) is 35.2 Å². The normalized spacial score (nSPS) is 13.6. The predicted molar refractivity (Wildman–Crippen MR) is 65.3 cm³/mol. The van der Waals surface area contributed by atoms with Gasteiger partial charge in [0.25, 0.3) is 0 Å². The molecule has 0 saturated heterocycles. The number of hydrogen-bond donors (Lipinski definition) is 1. The van der Waals surface area contributed by atoms with E-state index in [2.05, 4.69) is 17.5 Å². The van der Waals surface area contributed by atoms with Crippen LogP contribution in [-0.4, -0.2) is 30.6 Å². The fourth-order valence-corrected chi connectivity index (χ4v) is 2.71. The molecule has 1 aromatic carbocycles. The van der Waals surface area contributed by atoms with Crippen LogP contribution < -0.4 is 0 Å². The van der Waals surface area contributed by atoms with Gasteiger partial charge in [-0.25, -0.2) is 0 Å². The molecular weight excluding hydrogens is 206 g/mol. The van der Waals surface area contributed by atoms with Crippen LogP contribution in [0.2, 0.25) is 0 Å². The Morgan fingerprint density at radius 1 is 1.33 bits per heavy atom. The maximum absolute atomic E-state index is 10.0. The minimum absolute atomic E-state index is 0.392. The van der Waals surface area contributed by atoms with Crippen LogP contribution in [0.3, 0.4) is 0 Å². The summed E-state index contributed by atoms with van der Waals surface area (Å²) in [5.74, 6) is 0. The molecule has 3 heteroatoms. The quantitative estimate of drug-likeness (QED) is 0.860. The summed E-state index contributed by atoms with van der Waals surface area (Å²) in [6, 6.07) is 8.20. The van der Waals surface area contributed by atoms with Crippen molar-refractivity contribution in [3.8, 4) is 0 Å². The summed E-state index contributed by atoms with van der Waals surface area (Å²) >= 11 is 1.69. The Labute approximate surface area is 93.8 Å². The Bertz CT molecular complexity index is 450. The van der Waals surface area contributed by atoms with Gasteiger partial charge >= 0.3 is 0 Å². The molecule has 0 bridgehead atoms. The highest BCUT2D eigenvalue weighted by molar-refractivity contribution is 7.17. The Morgan fingerprint density at radius 3 is 2.80 bits per heavy atom.